The Bertz CT molecular complexity index is 2530. The largest absolute Gasteiger partial charge is 1.00 e. The van der Waals surface area contributed by atoms with Gasteiger partial charge in [0.2, 0.25) is 18.3 Å². The SMILES string of the molecule is CC(C)(C)c1nn(-c2nc(Nc3cc(C(=O)[O-])cc(C(=O)[O-])c3)nc(Nc3cc(C(=O)[O-])cc(C(=O)[O-])c3)n2)c(N)c1N=Nc1nnc(-c2cccc(NC=O)c2)s1.[Na+].[Na+].[Na+].[Na+]. The summed E-state index contributed by atoms with van der Waals surface area (Å²) in [4.78, 5) is 70.5. The summed E-state index contributed by atoms with van der Waals surface area (Å²) in [6.45, 7) is 5.44. The van der Waals surface area contributed by atoms with Crippen molar-refractivity contribution in [3.05, 3.63) is 88.6 Å². The van der Waals surface area contributed by atoms with Gasteiger partial charge in [-0.2, -0.15) is 24.7 Å². The van der Waals surface area contributed by atoms with Gasteiger partial charge in [0.15, 0.2) is 11.5 Å². The number of benzene rings is 3. The molecule has 0 saturated heterocycles. The van der Waals surface area contributed by atoms with Crippen LogP contribution in [0, 0.1) is 0 Å². The summed E-state index contributed by atoms with van der Waals surface area (Å²) in [5.41, 5.74) is 5.02. The molecule has 0 spiro atoms. The summed E-state index contributed by atoms with van der Waals surface area (Å²) in [6, 6.07) is 12.7. The molecule has 0 bridgehead atoms. The Kier molecular flexibility index (Phi) is 19.9. The van der Waals surface area contributed by atoms with Crippen LogP contribution in [0.1, 0.15) is 67.9 Å². The summed E-state index contributed by atoms with van der Waals surface area (Å²) < 4.78 is 1.07. The molecule has 3 aromatic heterocycles. The number of carbonyl (C=O) groups is 5. The van der Waals surface area contributed by atoms with E-state index in [0.29, 0.717) is 28.4 Å². The third kappa shape index (κ3) is 13.2. The number of hydrogen-bond acceptors (Lipinski definition) is 21. The van der Waals surface area contributed by atoms with Crippen LogP contribution in [0.15, 0.2) is 70.9 Å². The third-order valence-electron chi connectivity index (χ3n) is 7.72. The Labute approximate surface area is 442 Å². The Morgan fingerprint density at radius 1 is 0.710 bits per heavy atom. The van der Waals surface area contributed by atoms with Gasteiger partial charge in [-0.15, -0.1) is 20.4 Å². The average Bonchev–Trinajstić information content (AvgIpc) is 3.78. The van der Waals surface area contributed by atoms with E-state index in [1.165, 1.54) is 0 Å². The first kappa shape index (κ1) is 53.9. The number of anilines is 6. The van der Waals surface area contributed by atoms with E-state index in [4.69, 9.17) is 5.73 Å². The molecule has 6 aromatic rings. The van der Waals surface area contributed by atoms with Crippen molar-refractivity contribution < 1.29 is 163 Å². The van der Waals surface area contributed by atoms with E-state index in [-0.39, 0.29) is 164 Å². The summed E-state index contributed by atoms with van der Waals surface area (Å²) in [5, 5.41) is 76.6. The zero-order valence-corrected chi connectivity index (χ0v) is 42.9. The van der Waals surface area contributed by atoms with Crippen LogP contribution in [0.25, 0.3) is 16.5 Å². The molecule has 1 amide bonds. The first-order valence-corrected chi connectivity index (χ1v) is 17.2. The van der Waals surface area contributed by atoms with Crippen molar-refractivity contribution in [3.63, 3.8) is 0 Å². The van der Waals surface area contributed by atoms with Crippen molar-refractivity contribution in [3.8, 4) is 16.5 Å². The van der Waals surface area contributed by atoms with E-state index in [0.717, 1.165) is 52.4 Å². The molecule has 0 atom stereocenters. The predicted octanol–water partition coefficient (Wildman–Crippen LogP) is -11.6. The van der Waals surface area contributed by atoms with Crippen molar-refractivity contribution in [2.24, 2.45) is 10.2 Å². The number of aromatic carboxylic acids is 4. The second-order valence-corrected chi connectivity index (χ2v) is 13.9. The maximum absolute atomic E-state index is 11.7. The average molecular weight is 896 g/mol. The molecule has 0 aliphatic rings. The topological polar surface area (TPSA) is 347 Å². The van der Waals surface area contributed by atoms with Gasteiger partial charge in [0.25, 0.3) is 11.1 Å². The molecule has 3 aromatic carbocycles. The molecule has 0 aliphatic carbocycles. The molecule has 5 N–H and O–H groups in total. The Morgan fingerprint density at radius 2 is 1.21 bits per heavy atom. The first-order chi connectivity index (χ1) is 27.5. The molecule has 0 radical (unpaired) electrons. The van der Waals surface area contributed by atoms with Gasteiger partial charge in [0, 0.05) is 28.0 Å². The van der Waals surface area contributed by atoms with Gasteiger partial charge in [-0.3, -0.25) is 4.79 Å². The number of carboxylic acid groups (broad SMARTS) is 4. The molecule has 22 nitrogen and oxygen atoms in total. The maximum Gasteiger partial charge on any atom is 1.00 e. The van der Waals surface area contributed by atoms with Crippen LogP contribution >= 0.6 is 11.3 Å². The van der Waals surface area contributed by atoms with E-state index in [2.05, 4.69) is 56.4 Å². The first-order valence-electron chi connectivity index (χ1n) is 16.4. The van der Waals surface area contributed by atoms with Crippen molar-refractivity contribution in [1.82, 2.24) is 34.9 Å². The number of carbonyl (C=O) groups excluding carboxylic acids is 5. The number of nitrogens with two attached hydrogens (primary N) is 1. The monoisotopic (exact) mass is 895 g/mol. The molecular formula is C35H25N13Na4O9S. The number of amides is 1. The molecule has 294 valence electrons. The van der Waals surface area contributed by atoms with Crippen LogP contribution in [0.3, 0.4) is 0 Å². The molecule has 0 unspecified atom stereocenters. The van der Waals surface area contributed by atoms with Crippen LogP contribution in [0.5, 0.6) is 0 Å². The minimum absolute atomic E-state index is 0. The van der Waals surface area contributed by atoms with Gasteiger partial charge in [-0.1, -0.05) is 44.2 Å². The Balaban J connectivity index is 0.00000331. The van der Waals surface area contributed by atoms with Crippen molar-refractivity contribution in [1.29, 1.82) is 0 Å². The smallest absolute Gasteiger partial charge is 0.545 e. The number of aromatic nitrogens is 7. The minimum atomic E-state index is -1.70. The third-order valence-corrected chi connectivity index (χ3v) is 8.58. The summed E-state index contributed by atoms with van der Waals surface area (Å²) >= 11 is 1.09. The maximum atomic E-state index is 11.7. The van der Waals surface area contributed by atoms with E-state index < -0.39 is 51.5 Å². The molecule has 6 rings (SSSR count). The number of nitrogens with one attached hydrogen (secondary N) is 3. The Hall–Kier alpha value is -4.21. The zero-order chi connectivity index (χ0) is 41.9. The number of rotatable bonds is 14. The number of azo groups is 1. The van der Waals surface area contributed by atoms with E-state index in [9.17, 15) is 44.4 Å². The molecule has 0 fully saturated rings. The summed E-state index contributed by atoms with van der Waals surface area (Å²) in [6.07, 6.45) is 0.543. The number of hydrogen-bond donors (Lipinski definition) is 4. The fraction of sp³-hybridized carbons (Fsp3) is 0.114. The Morgan fingerprint density at radius 3 is 1.66 bits per heavy atom. The molecular weight excluding hydrogens is 870 g/mol. The van der Waals surface area contributed by atoms with Gasteiger partial charge in [0.05, 0.1) is 29.6 Å². The normalized spacial score (nSPS) is 10.6. The van der Waals surface area contributed by atoms with Crippen molar-refractivity contribution >= 4 is 87.2 Å². The standard InChI is InChI=1S/C35H29N13O9S.4Na/c1-35(2,3)24-23(43-45-34-46-44-26(58-34)15-5-4-6-20(9-15)37-14-49)25(36)48(47-24)33-41-31(38-21-10-16(27(50)51)7-17(11-21)28(52)53)40-32(42-33)39-22-12-18(29(54)55)8-19(13-22)30(56)57;;;;/h4-14H,36H2,1-3H3,(H,37,49)(H,50,51)(H,52,53)(H,54,55)(H,56,57)(H2,38,39,40,41,42);;;;/q;4*+1/p-4. The van der Waals surface area contributed by atoms with Crippen LogP contribution in [0.2, 0.25) is 0 Å². The van der Waals surface area contributed by atoms with Crippen LogP contribution in [-0.2, 0) is 10.2 Å². The minimum Gasteiger partial charge on any atom is -0.545 e. The van der Waals surface area contributed by atoms with Crippen molar-refractivity contribution in [2.45, 2.75) is 26.2 Å². The van der Waals surface area contributed by atoms with Crippen LogP contribution < -0.4 is 160 Å². The van der Waals surface area contributed by atoms with Crippen molar-refractivity contribution in [2.75, 3.05) is 21.7 Å². The van der Waals surface area contributed by atoms with Gasteiger partial charge in [-0.25, -0.2) is 0 Å². The summed E-state index contributed by atoms with van der Waals surface area (Å²) in [7, 11) is 0. The van der Waals surface area contributed by atoms with Crippen LogP contribution in [0.4, 0.5) is 45.6 Å². The molecule has 27 heteroatoms. The van der Waals surface area contributed by atoms with Gasteiger partial charge >= 0.3 is 118 Å². The predicted molar refractivity (Wildman–Crippen MR) is 196 cm³/mol. The van der Waals surface area contributed by atoms with E-state index in [1.54, 1.807) is 24.3 Å². The number of nitrogen functional groups attached to an aromatic ring is 1. The van der Waals surface area contributed by atoms with E-state index in [1.807, 2.05) is 20.8 Å². The number of carboxylic acids is 4. The second kappa shape index (κ2) is 22.9. The zero-order valence-electron chi connectivity index (χ0n) is 34.0. The molecule has 62 heavy (non-hydrogen) atoms. The van der Waals surface area contributed by atoms with Crippen LogP contribution in [-0.4, -0.2) is 65.2 Å². The quantitative estimate of drug-likeness (QED) is 0.0448. The van der Waals surface area contributed by atoms with Gasteiger partial charge < -0.3 is 61.3 Å². The van der Waals surface area contributed by atoms with E-state index >= 15 is 0 Å². The fourth-order valence-electron chi connectivity index (χ4n) is 5.15. The summed E-state index contributed by atoms with van der Waals surface area (Å²) in [5.74, 6) is -8.01. The molecule has 3 heterocycles. The second-order valence-electron chi connectivity index (χ2n) is 13.0. The fourth-order valence-corrected chi connectivity index (χ4v) is 5.82. The molecule has 0 aliphatic heterocycles. The van der Waals surface area contributed by atoms with Gasteiger partial charge in [0.1, 0.15) is 5.01 Å². The molecule has 0 saturated carbocycles. The van der Waals surface area contributed by atoms with Gasteiger partial charge in [-0.05, 0) is 70.8 Å². The number of nitrogens with zero attached hydrogens (tertiary/aromatic N) is 9.